The minimum Gasteiger partial charge on any atom is -0.352 e. The second-order valence-corrected chi connectivity index (χ2v) is 6.35. The second kappa shape index (κ2) is 8.43. The Labute approximate surface area is 140 Å². The Kier molecular flexibility index (Phi) is 6.29. The summed E-state index contributed by atoms with van der Waals surface area (Å²) in [7, 11) is 0. The van der Waals surface area contributed by atoms with E-state index in [0.717, 1.165) is 17.5 Å². The van der Waals surface area contributed by atoms with Crippen molar-refractivity contribution in [2.24, 2.45) is 0 Å². The van der Waals surface area contributed by atoms with Crippen molar-refractivity contribution in [3.05, 3.63) is 51.5 Å². The van der Waals surface area contributed by atoms with E-state index in [1.165, 1.54) is 16.2 Å². The van der Waals surface area contributed by atoms with Crippen LogP contribution in [0.2, 0.25) is 0 Å². The van der Waals surface area contributed by atoms with E-state index in [4.69, 9.17) is 0 Å². The zero-order chi connectivity index (χ0) is 16.7. The highest BCUT2D eigenvalue weighted by atomic mass is 32.1. The summed E-state index contributed by atoms with van der Waals surface area (Å²) in [6, 6.07) is 5.61. The van der Waals surface area contributed by atoms with E-state index < -0.39 is 0 Å². The monoisotopic (exact) mass is 331 g/mol. The fourth-order valence-corrected chi connectivity index (χ4v) is 3.18. The van der Waals surface area contributed by atoms with Gasteiger partial charge in [-0.15, -0.1) is 11.3 Å². The molecular formula is C17H21N3O2S. The Morgan fingerprint density at radius 1 is 1.22 bits per heavy atom. The summed E-state index contributed by atoms with van der Waals surface area (Å²) in [5.74, 6) is -0.196. The van der Waals surface area contributed by atoms with Gasteiger partial charge in [-0.25, -0.2) is 0 Å². The van der Waals surface area contributed by atoms with Crippen molar-refractivity contribution in [1.82, 2.24) is 15.6 Å². The van der Waals surface area contributed by atoms with Crippen LogP contribution in [0.3, 0.4) is 0 Å². The highest BCUT2D eigenvalue weighted by Crippen LogP contribution is 2.22. The first-order valence-corrected chi connectivity index (χ1v) is 8.45. The second-order valence-electron chi connectivity index (χ2n) is 5.21. The molecule has 2 heterocycles. The number of nitrogens with zero attached hydrogens (tertiary/aromatic N) is 1. The number of aromatic nitrogens is 1. The van der Waals surface area contributed by atoms with Crippen molar-refractivity contribution < 1.29 is 9.59 Å². The van der Waals surface area contributed by atoms with Crippen LogP contribution in [0, 0.1) is 6.92 Å². The number of thiophene rings is 1. The Bertz CT molecular complexity index is 668. The fourth-order valence-electron chi connectivity index (χ4n) is 2.15. The van der Waals surface area contributed by atoms with Gasteiger partial charge in [-0.3, -0.25) is 14.6 Å². The number of carbonyl (C=O) groups is 2. The lowest BCUT2D eigenvalue weighted by atomic mass is 10.2. The van der Waals surface area contributed by atoms with Gasteiger partial charge in [0.25, 0.3) is 5.91 Å². The van der Waals surface area contributed by atoms with Gasteiger partial charge in [0.05, 0.1) is 4.88 Å². The molecule has 0 atom stereocenters. The van der Waals surface area contributed by atoms with E-state index in [1.807, 2.05) is 25.1 Å². The number of hydrogen-bond acceptors (Lipinski definition) is 4. The lowest BCUT2D eigenvalue weighted by Crippen LogP contribution is -2.30. The first-order valence-electron chi connectivity index (χ1n) is 7.63. The molecule has 6 heteroatoms. The molecule has 5 nitrogen and oxygen atoms in total. The average molecular weight is 331 g/mol. The summed E-state index contributed by atoms with van der Waals surface area (Å²) in [6.45, 7) is 4.89. The van der Waals surface area contributed by atoms with Crippen LogP contribution in [0.25, 0.3) is 0 Å². The third-order valence-corrected chi connectivity index (χ3v) is 4.82. The molecule has 0 saturated heterocycles. The summed E-state index contributed by atoms with van der Waals surface area (Å²) in [5.41, 5.74) is 2.15. The Hall–Kier alpha value is -2.21. The zero-order valence-electron chi connectivity index (χ0n) is 13.4. The third kappa shape index (κ3) is 5.17. The van der Waals surface area contributed by atoms with E-state index in [-0.39, 0.29) is 18.2 Å². The van der Waals surface area contributed by atoms with Gasteiger partial charge < -0.3 is 10.6 Å². The molecule has 2 amide bonds. The lowest BCUT2D eigenvalue weighted by molar-refractivity contribution is -0.121. The number of aryl methyl sites for hydroxylation is 2. The molecule has 2 aromatic rings. The molecule has 2 aromatic heterocycles. The number of hydrogen-bond donors (Lipinski definition) is 2. The summed E-state index contributed by atoms with van der Waals surface area (Å²) < 4.78 is 0. The summed E-state index contributed by atoms with van der Waals surface area (Å²) in [6.07, 6.45) is 4.58. The van der Waals surface area contributed by atoms with Crippen LogP contribution in [0.4, 0.5) is 0 Å². The van der Waals surface area contributed by atoms with Crippen molar-refractivity contribution in [3.63, 3.8) is 0 Å². The molecular weight excluding hydrogens is 310 g/mol. The van der Waals surface area contributed by atoms with E-state index in [1.54, 1.807) is 12.4 Å². The van der Waals surface area contributed by atoms with E-state index >= 15 is 0 Å². The molecule has 0 radical (unpaired) electrons. The number of rotatable bonds is 7. The molecule has 0 aromatic carbocycles. The van der Waals surface area contributed by atoms with Crippen LogP contribution in [0.15, 0.2) is 30.6 Å². The molecule has 23 heavy (non-hydrogen) atoms. The zero-order valence-corrected chi connectivity index (χ0v) is 14.2. The predicted molar refractivity (Wildman–Crippen MR) is 91.5 cm³/mol. The highest BCUT2D eigenvalue weighted by Gasteiger charge is 2.11. The summed E-state index contributed by atoms with van der Waals surface area (Å²) in [5, 5.41) is 5.61. The standard InChI is InChI=1S/C17H21N3O2S/c1-3-14-12(2)10-15(23-14)17(22)19-9-6-16(21)20-11-13-4-7-18-8-5-13/h4-5,7-8,10H,3,6,9,11H2,1-2H3,(H,19,22)(H,20,21). The SMILES string of the molecule is CCc1sc(C(=O)NCCC(=O)NCc2ccncc2)cc1C. The molecule has 0 bridgehead atoms. The molecule has 0 aliphatic rings. The van der Waals surface area contributed by atoms with Crippen LogP contribution in [0.1, 0.15) is 39.0 Å². The molecule has 0 aliphatic carbocycles. The van der Waals surface area contributed by atoms with Crippen LogP contribution in [-0.2, 0) is 17.8 Å². The normalized spacial score (nSPS) is 10.3. The first kappa shape index (κ1) is 17.1. The van der Waals surface area contributed by atoms with E-state index in [2.05, 4.69) is 22.5 Å². The minimum absolute atomic E-state index is 0.0845. The molecule has 0 spiro atoms. The van der Waals surface area contributed by atoms with Gasteiger partial charge in [0.1, 0.15) is 0 Å². The minimum atomic E-state index is -0.111. The molecule has 0 fully saturated rings. The molecule has 0 aliphatic heterocycles. The van der Waals surface area contributed by atoms with Crippen molar-refractivity contribution in [1.29, 1.82) is 0 Å². The van der Waals surface area contributed by atoms with Gasteiger partial charge in [-0.1, -0.05) is 6.92 Å². The molecule has 0 saturated carbocycles. The van der Waals surface area contributed by atoms with Crippen LogP contribution in [-0.4, -0.2) is 23.3 Å². The molecule has 122 valence electrons. The fraction of sp³-hybridized carbons (Fsp3) is 0.353. The summed E-state index contributed by atoms with van der Waals surface area (Å²) >= 11 is 1.52. The van der Waals surface area contributed by atoms with Crippen LogP contribution >= 0.6 is 11.3 Å². The molecule has 2 rings (SSSR count). The van der Waals surface area contributed by atoms with Crippen molar-refractivity contribution in [2.75, 3.05) is 6.54 Å². The van der Waals surface area contributed by atoms with Gasteiger partial charge in [-0.05, 0) is 42.7 Å². The largest absolute Gasteiger partial charge is 0.352 e. The number of amides is 2. The average Bonchev–Trinajstić information content (AvgIpc) is 2.95. The van der Waals surface area contributed by atoms with Crippen molar-refractivity contribution in [2.45, 2.75) is 33.2 Å². The summed E-state index contributed by atoms with van der Waals surface area (Å²) in [4.78, 5) is 29.7. The maximum absolute atomic E-state index is 12.0. The predicted octanol–water partition coefficient (Wildman–Crippen LogP) is 2.45. The number of pyridine rings is 1. The smallest absolute Gasteiger partial charge is 0.261 e. The van der Waals surface area contributed by atoms with Gasteiger partial charge >= 0.3 is 0 Å². The van der Waals surface area contributed by atoms with Crippen molar-refractivity contribution in [3.8, 4) is 0 Å². The lowest BCUT2D eigenvalue weighted by Gasteiger charge is -2.06. The van der Waals surface area contributed by atoms with Crippen molar-refractivity contribution >= 4 is 23.2 Å². The molecule has 0 unspecified atom stereocenters. The van der Waals surface area contributed by atoms with E-state index in [0.29, 0.717) is 18.0 Å². The van der Waals surface area contributed by atoms with Gasteiger partial charge in [0.15, 0.2) is 0 Å². The molecule has 2 N–H and O–H groups in total. The van der Waals surface area contributed by atoms with Gasteiger partial charge in [-0.2, -0.15) is 0 Å². The van der Waals surface area contributed by atoms with Crippen LogP contribution in [0.5, 0.6) is 0 Å². The Morgan fingerprint density at radius 2 is 1.96 bits per heavy atom. The number of carbonyl (C=O) groups excluding carboxylic acids is 2. The topological polar surface area (TPSA) is 71.1 Å². The Morgan fingerprint density at radius 3 is 2.61 bits per heavy atom. The number of nitrogens with one attached hydrogen (secondary N) is 2. The first-order chi connectivity index (χ1) is 11.1. The highest BCUT2D eigenvalue weighted by molar-refractivity contribution is 7.14. The maximum Gasteiger partial charge on any atom is 0.261 e. The third-order valence-electron chi connectivity index (χ3n) is 3.44. The quantitative estimate of drug-likeness (QED) is 0.819. The maximum atomic E-state index is 12.0. The van der Waals surface area contributed by atoms with Gasteiger partial charge in [0, 0.05) is 36.8 Å². The van der Waals surface area contributed by atoms with Gasteiger partial charge in [0.2, 0.25) is 5.91 Å². The van der Waals surface area contributed by atoms with E-state index in [9.17, 15) is 9.59 Å². The van der Waals surface area contributed by atoms with Crippen LogP contribution < -0.4 is 10.6 Å². The Balaban J connectivity index is 1.71.